The van der Waals surface area contributed by atoms with Gasteiger partial charge in [-0.1, -0.05) is 0 Å². The van der Waals surface area contributed by atoms with E-state index in [2.05, 4.69) is 10.6 Å². The molecule has 2 heterocycles. The lowest BCUT2D eigenvalue weighted by Gasteiger charge is -2.29. The van der Waals surface area contributed by atoms with Crippen LogP contribution in [0.5, 0.6) is 0 Å². The summed E-state index contributed by atoms with van der Waals surface area (Å²) in [7, 11) is 0. The summed E-state index contributed by atoms with van der Waals surface area (Å²) in [6, 6.07) is 4.17. The van der Waals surface area contributed by atoms with Gasteiger partial charge in [-0.25, -0.2) is 0 Å². The zero-order chi connectivity index (χ0) is 14.7. The lowest BCUT2D eigenvalue weighted by atomic mass is 9.93. The van der Waals surface area contributed by atoms with Crippen molar-refractivity contribution in [2.75, 3.05) is 32.7 Å². The smallest absolute Gasteiger partial charge is 0.268 e. The van der Waals surface area contributed by atoms with E-state index in [1.807, 2.05) is 22.9 Å². The number of carbonyl (C=O) groups is 2. The van der Waals surface area contributed by atoms with Crippen molar-refractivity contribution < 1.29 is 9.59 Å². The summed E-state index contributed by atoms with van der Waals surface area (Å²) in [6.45, 7) is 3.16. The predicted molar refractivity (Wildman–Crippen MR) is 79.1 cm³/mol. The molecular weight excluding hydrogens is 268 g/mol. The number of hydrogen-bond donors (Lipinski definition) is 2. The molecule has 21 heavy (non-hydrogen) atoms. The number of rotatable bonds is 4. The molecule has 2 amide bonds. The van der Waals surface area contributed by atoms with E-state index in [1.54, 1.807) is 4.90 Å². The van der Waals surface area contributed by atoms with E-state index in [9.17, 15) is 9.59 Å². The molecule has 1 aliphatic carbocycles. The van der Waals surface area contributed by atoms with Crippen molar-refractivity contribution in [3.63, 3.8) is 0 Å². The highest BCUT2D eigenvalue weighted by atomic mass is 16.2. The predicted octanol–water partition coefficient (Wildman–Crippen LogP) is 0.375. The Morgan fingerprint density at radius 1 is 1.29 bits per heavy atom. The molecular formula is C15H22N4O2. The van der Waals surface area contributed by atoms with Crippen molar-refractivity contribution in [3.05, 3.63) is 24.0 Å². The molecule has 2 N–H and O–H groups in total. The highest BCUT2D eigenvalue weighted by Gasteiger charge is 2.24. The number of aromatic nitrogens is 1. The van der Waals surface area contributed by atoms with Crippen LogP contribution in [0.2, 0.25) is 0 Å². The lowest BCUT2D eigenvalue weighted by Crippen LogP contribution is -2.49. The van der Waals surface area contributed by atoms with Gasteiger partial charge < -0.3 is 20.1 Å². The molecule has 0 aromatic carbocycles. The molecule has 2 aliphatic rings. The third kappa shape index (κ3) is 3.10. The number of hydrogen-bond acceptors (Lipinski definition) is 3. The van der Waals surface area contributed by atoms with E-state index in [1.165, 1.54) is 6.42 Å². The Morgan fingerprint density at radius 2 is 2.05 bits per heavy atom. The summed E-state index contributed by atoms with van der Waals surface area (Å²) in [5.41, 5.74) is 0.660. The van der Waals surface area contributed by atoms with Gasteiger partial charge in [0.05, 0.1) is 6.54 Å². The van der Waals surface area contributed by atoms with Gasteiger partial charge >= 0.3 is 0 Å². The Balaban J connectivity index is 1.54. The minimum atomic E-state index is -0.157. The number of amides is 2. The van der Waals surface area contributed by atoms with Crippen LogP contribution in [-0.4, -0.2) is 54.0 Å². The van der Waals surface area contributed by atoms with Gasteiger partial charge in [-0.15, -0.1) is 0 Å². The second-order valence-corrected chi connectivity index (χ2v) is 5.70. The molecule has 0 bridgehead atoms. The summed E-state index contributed by atoms with van der Waals surface area (Å²) >= 11 is 0. The van der Waals surface area contributed by atoms with Crippen LogP contribution >= 0.6 is 0 Å². The largest absolute Gasteiger partial charge is 0.342 e. The van der Waals surface area contributed by atoms with Crippen molar-refractivity contribution >= 4 is 11.8 Å². The van der Waals surface area contributed by atoms with Crippen LogP contribution in [0.25, 0.3) is 0 Å². The van der Waals surface area contributed by atoms with E-state index in [-0.39, 0.29) is 18.4 Å². The summed E-state index contributed by atoms with van der Waals surface area (Å²) in [5, 5.41) is 5.96. The fourth-order valence-corrected chi connectivity index (χ4v) is 2.84. The molecule has 1 aromatic heterocycles. The second kappa shape index (κ2) is 6.30. The minimum Gasteiger partial charge on any atom is -0.342 e. The number of carbonyl (C=O) groups excluding carboxylic acids is 2. The van der Waals surface area contributed by atoms with Gasteiger partial charge in [0.25, 0.3) is 5.91 Å². The average Bonchev–Trinajstić information content (AvgIpc) is 2.92. The van der Waals surface area contributed by atoms with Crippen LogP contribution in [0, 0.1) is 0 Å². The molecule has 2 fully saturated rings. The first-order valence-electron chi connectivity index (χ1n) is 7.69. The Morgan fingerprint density at radius 3 is 2.71 bits per heavy atom. The zero-order valence-corrected chi connectivity index (χ0v) is 12.2. The summed E-state index contributed by atoms with van der Waals surface area (Å²) < 4.78 is 2.04. The van der Waals surface area contributed by atoms with Crippen molar-refractivity contribution in [2.24, 2.45) is 0 Å². The average molecular weight is 290 g/mol. The molecule has 1 saturated heterocycles. The SMILES string of the molecule is O=C(NCC(=O)N1CCNCC1)c1cccn1C1CCC1. The molecule has 6 nitrogen and oxygen atoms in total. The first kappa shape index (κ1) is 14.1. The standard InChI is InChI=1S/C15H22N4O2/c20-14(18-9-6-16-7-10-18)11-17-15(21)13-5-2-8-19(13)12-3-1-4-12/h2,5,8,12,16H,1,3-4,6-7,9-11H2,(H,17,21). The Kier molecular flexibility index (Phi) is 4.24. The molecule has 1 aromatic rings. The summed E-state index contributed by atoms with van der Waals surface area (Å²) in [6.07, 6.45) is 5.45. The lowest BCUT2D eigenvalue weighted by molar-refractivity contribution is -0.130. The van der Waals surface area contributed by atoms with Crippen LogP contribution in [0.4, 0.5) is 0 Å². The highest BCUT2D eigenvalue weighted by molar-refractivity contribution is 5.95. The maximum absolute atomic E-state index is 12.2. The van der Waals surface area contributed by atoms with E-state index in [0.717, 1.165) is 25.9 Å². The van der Waals surface area contributed by atoms with Gasteiger partial charge in [-0.3, -0.25) is 9.59 Å². The van der Waals surface area contributed by atoms with Gasteiger partial charge in [-0.05, 0) is 31.4 Å². The highest BCUT2D eigenvalue weighted by Crippen LogP contribution is 2.32. The normalized spacial score (nSPS) is 19.1. The number of nitrogens with one attached hydrogen (secondary N) is 2. The van der Waals surface area contributed by atoms with E-state index >= 15 is 0 Å². The maximum atomic E-state index is 12.2. The first-order chi connectivity index (χ1) is 10.3. The van der Waals surface area contributed by atoms with Gasteiger partial charge in [-0.2, -0.15) is 0 Å². The monoisotopic (exact) mass is 290 g/mol. The third-order valence-corrected chi connectivity index (χ3v) is 4.35. The zero-order valence-electron chi connectivity index (χ0n) is 12.2. The van der Waals surface area contributed by atoms with Crippen molar-refractivity contribution in [1.82, 2.24) is 20.1 Å². The van der Waals surface area contributed by atoms with Gasteiger partial charge in [0.2, 0.25) is 5.91 Å². The van der Waals surface area contributed by atoms with Gasteiger partial charge in [0.15, 0.2) is 0 Å². The van der Waals surface area contributed by atoms with Gasteiger partial charge in [0, 0.05) is 38.4 Å². The van der Waals surface area contributed by atoms with E-state index < -0.39 is 0 Å². The Hall–Kier alpha value is -1.82. The molecule has 0 radical (unpaired) electrons. The third-order valence-electron chi connectivity index (χ3n) is 4.35. The molecule has 0 atom stereocenters. The molecule has 114 valence electrons. The minimum absolute atomic E-state index is 0.00778. The molecule has 0 unspecified atom stereocenters. The first-order valence-corrected chi connectivity index (χ1v) is 7.69. The molecule has 0 spiro atoms. The molecule has 3 rings (SSSR count). The molecule has 1 saturated carbocycles. The fraction of sp³-hybridized carbons (Fsp3) is 0.600. The quantitative estimate of drug-likeness (QED) is 0.842. The summed E-state index contributed by atoms with van der Waals surface area (Å²) in [5.74, 6) is -0.165. The molecule has 6 heteroatoms. The van der Waals surface area contributed by atoms with Crippen LogP contribution < -0.4 is 10.6 Å². The maximum Gasteiger partial charge on any atom is 0.268 e. The second-order valence-electron chi connectivity index (χ2n) is 5.70. The van der Waals surface area contributed by atoms with Crippen molar-refractivity contribution in [2.45, 2.75) is 25.3 Å². The van der Waals surface area contributed by atoms with E-state index in [4.69, 9.17) is 0 Å². The topological polar surface area (TPSA) is 66.4 Å². The summed E-state index contributed by atoms with van der Waals surface area (Å²) in [4.78, 5) is 26.1. The van der Waals surface area contributed by atoms with E-state index in [0.29, 0.717) is 24.8 Å². The Labute approximate surface area is 124 Å². The van der Waals surface area contributed by atoms with Crippen LogP contribution in [0.1, 0.15) is 35.8 Å². The number of piperazine rings is 1. The van der Waals surface area contributed by atoms with Gasteiger partial charge in [0.1, 0.15) is 5.69 Å². The van der Waals surface area contributed by atoms with Crippen LogP contribution in [-0.2, 0) is 4.79 Å². The molecule has 1 aliphatic heterocycles. The number of nitrogens with zero attached hydrogens (tertiary/aromatic N) is 2. The fourth-order valence-electron chi connectivity index (χ4n) is 2.84. The van der Waals surface area contributed by atoms with Crippen LogP contribution in [0.3, 0.4) is 0 Å². The van der Waals surface area contributed by atoms with Crippen LogP contribution in [0.15, 0.2) is 18.3 Å². The van der Waals surface area contributed by atoms with Crippen molar-refractivity contribution in [3.8, 4) is 0 Å². The van der Waals surface area contributed by atoms with Crippen molar-refractivity contribution in [1.29, 1.82) is 0 Å². The Bertz CT molecular complexity index is 515.